The molecule has 0 spiro atoms. The molecule has 0 unspecified atom stereocenters. The van der Waals surface area contributed by atoms with Gasteiger partial charge in [-0.3, -0.25) is 0 Å². The van der Waals surface area contributed by atoms with E-state index < -0.39 is 0 Å². The first-order chi connectivity index (χ1) is 20.9. The van der Waals surface area contributed by atoms with E-state index in [1.807, 2.05) is 0 Å². The Morgan fingerprint density at radius 3 is 1.31 bits per heavy atom. The van der Waals surface area contributed by atoms with Crippen LogP contribution in [0.2, 0.25) is 0 Å². The van der Waals surface area contributed by atoms with E-state index in [0.29, 0.717) is 0 Å². The lowest BCUT2D eigenvalue weighted by molar-refractivity contribution is 1.18. The molecule has 2 aromatic heterocycles. The Labute approximate surface area is 243 Å². The maximum absolute atomic E-state index is 2.46. The molecule has 0 radical (unpaired) electrons. The Morgan fingerprint density at radius 2 is 0.714 bits per heavy atom. The molecule has 2 heterocycles. The molecule has 0 atom stereocenters. The predicted molar refractivity (Wildman–Crippen MR) is 178 cm³/mol. The van der Waals surface area contributed by atoms with Crippen molar-refractivity contribution in [3.63, 3.8) is 0 Å². The van der Waals surface area contributed by atoms with E-state index in [2.05, 4.69) is 167 Å². The minimum absolute atomic E-state index is 1.17. The van der Waals surface area contributed by atoms with Gasteiger partial charge in [-0.1, -0.05) is 121 Å². The van der Waals surface area contributed by atoms with Crippen molar-refractivity contribution in [1.29, 1.82) is 0 Å². The summed E-state index contributed by atoms with van der Waals surface area (Å²) in [6, 6.07) is 57.2. The van der Waals surface area contributed by atoms with Crippen molar-refractivity contribution < 1.29 is 0 Å². The second-order valence-corrected chi connectivity index (χ2v) is 11.0. The van der Waals surface area contributed by atoms with Crippen LogP contribution in [0, 0.1) is 0 Å². The topological polar surface area (TPSA) is 9.86 Å². The highest BCUT2D eigenvalue weighted by atomic mass is 15.0. The number of benzene rings is 7. The van der Waals surface area contributed by atoms with Gasteiger partial charge in [0, 0.05) is 43.7 Å². The molecule has 42 heavy (non-hydrogen) atoms. The highest BCUT2D eigenvalue weighted by molar-refractivity contribution is 6.26. The summed E-state index contributed by atoms with van der Waals surface area (Å²) in [7, 11) is 0. The zero-order valence-corrected chi connectivity index (χ0v) is 22.9. The minimum Gasteiger partial charge on any atom is -0.309 e. The van der Waals surface area contributed by atoms with Gasteiger partial charge in [-0.15, -0.1) is 0 Å². The lowest BCUT2D eigenvalue weighted by Crippen LogP contribution is -1.96. The second-order valence-electron chi connectivity index (χ2n) is 11.0. The maximum Gasteiger partial charge on any atom is 0.0620 e. The molecule has 0 amide bonds. The summed E-state index contributed by atoms with van der Waals surface area (Å²) >= 11 is 0. The summed E-state index contributed by atoms with van der Waals surface area (Å²) in [5, 5.41) is 7.59. The van der Waals surface area contributed by atoms with Gasteiger partial charge in [0.2, 0.25) is 0 Å². The van der Waals surface area contributed by atoms with Crippen LogP contribution in [-0.4, -0.2) is 9.13 Å². The molecule has 196 valence electrons. The molecule has 0 saturated heterocycles. The monoisotopic (exact) mass is 534 g/mol. The molecule has 0 aliphatic rings. The first-order valence-electron chi connectivity index (χ1n) is 14.5. The molecule has 0 aliphatic carbocycles. The van der Waals surface area contributed by atoms with E-state index in [9.17, 15) is 0 Å². The molecular weight excluding hydrogens is 508 g/mol. The molecule has 9 rings (SSSR count). The summed E-state index contributed by atoms with van der Waals surface area (Å²) in [4.78, 5) is 0. The average molecular weight is 535 g/mol. The van der Waals surface area contributed by atoms with E-state index >= 15 is 0 Å². The SMILES string of the molecule is c1ccc(-c2cccc(-n3c4ccccc4c4ccc5c(ccc6c7ccccc7n(-c7ccccc7)c65)c43)c2)cc1. The Morgan fingerprint density at radius 1 is 0.286 bits per heavy atom. The molecule has 0 N–H and O–H groups in total. The van der Waals surface area contributed by atoms with Gasteiger partial charge in [-0.25, -0.2) is 0 Å². The first-order valence-corrected chi connectivity index (χ1v) is 14.5. The molecule has 0 saturated carbocycles. The van der Waals surface area contributed by atoms with Gasteiger partial charge in [0.1, 0.15) is 0 Å². The van der Waals surface area contributed by atoms with Crippen LogP contribution in [-0.2, 0) is 0 Å². The van der Waals surface area contributed by atoms with Crippen molar-refractivity contribution in [3.05, 3.63) is 158 Å². The van der Waals surface area contributed by atoms with Gasteiger partial charge in [0.25, 0.3) is 0 Å². The maximum atomic E-state index is 2.46. The molecular formula is C40H26N2. The highest BCUT2D eigenvalue weighted by Crippen LogP contribution is 2.42. The molecule has 2 heteroatoms. The van der Waals surface area contributed by atoms with Crippen LogP contribution in [0.25, 0.3) is 76.9 Å². The normalized spacial score (nSPS) is 11.8. The number of aromatic nitrogens is 2. The van der Waals surface area contributed by atoms with Crippen LogP contribution >= 0.6 is 0 Å². The van der Waals surface area contributed by atoms with Crippen LogP contribution < -0.4 is 0 Å². The van der Waals surface area contributed by atoms with Gasteiger partial charge in [-0.05, 0) is 47.5 Å². The zero-order valence-electron chi connectivity index (χ0n) is 22.9. The summed E-state index contributed by atoms with van der Waals surface area (Å²) in [6.45, 7) is 0. The smallest absolute Gasteiger partial charge is 0.0620 e. The first kappa shape index (κ1) is 23.1. The van der Waals surface area contributed by atoms with E-state index in [1.165, 1.54) is 76.9 Å². The Bertz CT molecular complexity index is 2440. The third-order valence-corrected chi connectivity index (χ3v) is 8.69. The molecule has 7 aromatic carbocycles. The van der Waals surface area contributed by atoms with Gasteiger partial charge >= 0.3 is 0 Å². The quantitative estimate of drug-likeness (QED) is 0.213. The summed E-state index contributed by atoms with van der Waals surface area (Å²) in [5.74, 6) is 0. The number of fused-ring (bicyclic) bond motifs is 9. The van der Waals surface area contributed by atoms with E-state index in [0.717, 1.165) is 0 Å². The van der Waals surface area contributed by atoms with E-state index in [4.69, 9.17) is 0 Å². The predicted octanol–water partition coefficient (Wildman–Crippen LogP) is 10.7. The number of para-hydroxylation sites is 3. The molecule has 0 aliphatic heterocycles. The zero-order chi connectivity index (χ0) is 27.6. The van der Waals surface area contributed by atoms with Crippen LogP contribution in [0.4, 0.5) is 0 Å². The number of hydrogen-bond donors (Lipinski definition) is 0. The third-order valence-electron chi connectivity index (χ3n) is 8.69. The van der Waals surface area contributed by atoms with Crippen LogP contribution in [0.15, 0.2) is 158 Å². The van der Waals surface area contributed by atoms with Crippen LogP contribution in [0.5, 0.6) is 0 Å². The number of hydrogen-bond acceptors (Lipinski definition) is 0. The number of nitrogens with zero attached hydrogens (tertiary/aromatic N) is 2. The fourth-order valence-electron chi connectivity index (χ4n) is 6.89. The van der Waals surface area contributed by atoms with Crippen molar-refractivity contribution >= 4 is 54.4 Å². The van der Waals surface area contributed by atoms with Crippen molar-refractivity contribution in [2.75, 3.05) is 0 Å². The Hall–Kier alpha value is -5.60. The lowest BCUT2D eigenvalue weighted by atomic mass is 10.0. The van der Waals surface area contributed by atoms with Crippen molar-refractivity contribution in [1.82, 2.24) is 9.13 Å². The molecule has 0 fully saturated rings. The van der Waals surface area contributed by atoms with Crippen LogP contribution in [0.3, 0.4) is 0 Å². The summed E-state index contributed by atoms with van der Waals surface area (Å²) in [6.07, 6.45) is 0. The standard InChI is InChI=1S/C40H26N2/c1-3-12-27(13-4-1)28-14-11-17-30(26-28)42-38-21-10-8-19-32(38)34-23-24-35-36(40(34)42)25-22-33-31-18-7-9-20-37(31)41(39(33)35)29-15-5-2-6-16-29/h1-26H. The number of rotatable bonds is 3. The lowest BCUT2D eigenvalue weighted by Gasteiger charge is -2.13. The van der Waals surface area contributed by atoms with Gasteiger partial charge in [0.05, 0.1) is 22.1 Å². The Kier molecular flexibility index (Phi) is 4.93. The largest absolute Gasteiger partial charge is 0.309 e. The fraction of sp³-hybridized carbons (Fsp3) is 0. The van der Waals surface area contributed by atoms with E-state index in [-0.39, 0.29) is 0 Å². The van der Waals surface area contributed by atoms with Crippen molar-refractivity contribution in [3.8, 4) is 22.5 Å². The third kappa shape index (κ3) is 3.27. The fourth-order valence-corrected chi connectivity index (χ4v) is 6.89. The second kappa shape index (κ2) is 8.95. The van der Waals surface area contributed by atoms with Gasteiger partial charge < -0.3 is 9.13 Å². The van der Waals surface area contributed by atoms with E-state index in [1.54, 1.807) is 0 Å². The highest BCUT2D eigenvalue weighted by Gasteiger charge is 2.19. The van der Waals surface area contributed by atoms with Crippen LogP contribution in [0.1, 0.15) is 0 Å². The average Bonchev–Trinajstić information content (AvgIpc) is 3.59. The molecule has 2 nitrogen and oxygen atoms in total. The Balaban J connectivity index is 1.44. The van der Waals surface area contributed by atoms with Gasteiger partial charge in [-0.2, -0.15) is 0 Å². The molecule has 0 bridgehead atoms. The molecule has 9 aromatic rings. The minimum atomic E-state index is 1.17. The van der Waals surface area contributed by atoms with Crippen molar-refractivity contribution in [2.24, 2.45) is 0 Å². The summed E-state index contributed by atoms with van der Waals surface area (Å²) < 4.78 is 4.89. The van der Waals surface area contributed by atoms with Crippen molar-refractivity contribution in [2.45, 2.75) is 0 Å². The summed E-state index contributed by atoms with van der Waals surface area (Å²) in [5.41, 5.74) is 9.70. The van der Waals surface area contributed by atoms with Gasteiger partial charge in [0.15, 0.2) is 0 Å².